The summed E-state index contributed by atoms with van der Waals surface area (Å²) in [6.07, 6.45) is 9.28. The highest BCUT2D eigenvalue weighted by molar-refractivity contribution is 5.95. The fourth-order valence-corrected chi connectivity index (χ4v) is 4.70. The number of rotatable bonds is 7. The lowest BCUT2D eigenvalue weighted by atomic mass is 9.83. The number of nitrogens with one attached hydrogen (secondary N) is 1. The molecule has 2 fully saturated rings. The number of Topliss-reactive ketones (excluding diaryl/α,β-unsaturated/α-hetero) is 1. The number of hydrogen-bond acceptors (Lipinski definition) is 4. The highest BCUT2D eigenvalue weighted by Gasteiger charge is 2.36. The zero-order valence-electron chi connectivity index (χ0n) is 17.2. The van der Waals surface area contributed by atoms with Gasteiger partial charge in [-0.3, -0.25) is 15.0 Å². The molecule has 0 aromatic heterocycles. The van der Waals surface area contributed by atoms with E-state index in [9.17, 15) is 9.59 Å². The van der Waals surface area contributed by atoms with Crippen molar-refractivity contribution in [2.75, 3.05) is 6.54 Å². The molecule has 0 unspecified atom stereocenters. The molecular formula is C23H34N4O2. The SMILES string of the molecule is N=C(N)c1ccc(CCC(=O)[C@@H]2CCCCN2C(=O)[C@H](N)C2CCCCC2)cc1. The van der Waals surface area contributed by atoms with E-state index in [0.29, 0.717) is 24.9 Å². The first-order valence-corrected chi connectivity index (χ1v) is 11.0. The Bertz CT molecular complexity index is 725. The Morgan fingerprint density at radius 3 is 2.34 bits per heavy atom. The number of ketones is 1. The molecule has 1 saturated carbocycles. The normalized spacial score (nSPS) is 21.6. The van der Waals surface area contributed by atoms with E-state index >= 15 is 0 Å². The maximum Gasteiger partial charge on any atom is 0.240 e. The molecule has 1 aliphatic carbocycles. The molecule has 1 aromatic rings. The van der Waals surface area contributed by atoms with Crippen LogP contribution in [0.1, 0.15) is 68.9 Å². The number of carbonyl (C=O) groups excluding carboxylic acids is 2. The highest BCUT2D eigenvalue weighted by Crippen LogP contribution is 2.28. The standard InChI is InChI=1S/C23H34N4O2/c24-21(17-6-2-1-3-7-17)23(29)27-15-5-4-8-19(27)20(28)14-11-16-9-12-18(13-10-16)22(25)26/h9-10,12-13,17,19,21H,1-8,11,14-15,24H2,(H3,25,26)/t19-,21+/m0/s1. The smallest absolute Gasteiger partial charge is 0.240 e. The van der Waals surface area contributed by atoms with Gasteiger partial charge in [0.05, 0.1) is 12.1 Å². The lowest BCUT2D eigenvalue weighted by molar-refractivity contribution is -0.143. The third-order valence-corrected chi connectivity index (χ3v) is 6.53. The molecule has 1 saturated heterocycles. The molecule has 6 heteroatoms. The second-order valence-electron chi connectivity index (χ2n) is 8.54. The van der Waals surface area contributed by atoms with Gasteiger partial charge in [-0.2, -0.15) is 0 Å². The number of carbonyl (C=O) groups is 2. The maximum absolute atomic E-state index is 13.1. The Morgan fingerprint density at radius 1 is 1.03 bits per heavy atom. The van der Waals surface area contributed by atoms with Crippen molar-refractivity contribution in [2.24, 2.45) is 17.4 Å². The quantitative estimate of drug-likeness (QED) is 0.484. The van der Waals surface area contributed by atoms with E-state index in [0.717, 1.165) is 50.5 Å². The Kier molecular flexibility index (Phi) is 7.42. The lowest BCUT2D eigenvalue weighted by Gasteiger charge is -2.38. The van der Waals surface area contributed by atoms with Gasteiger partial charge in [0.25, 0.3) is 0 Å². The van der Waals surface area contributed by atoms with Crippen molar-refractivity contribution in [1.82, 2.24) is 4.90 Å². The topological polar surface area (TPSA) is 113 Å². The molecule has 3 rings (SSSR count). The second kappa shape index (κ2) is 10.0. The van der Waals surface area contributed by atoms with Crippen molar-refractivity contribution >= 4 is 17.5 Å². The summed E-state index contributed by atoms with van der Waals surface area (Å²) in [6, 6.07) is 6.63. The zero-order chi connectivity index (χ0) is 20.8. The molecule has 0 radical (unpaired) electrons. The van der Waals surface area contributed by atoms with Gasteiger partial charge < -0.3 is 16.4 Å². The van der Waals surface area contributed by atoms with Crippen LogP contribution in [0.2, 0.25) is 0 Å². The van der Waals surface area contributed by atoms with E-state index < -0.39 is 6.04 Å². The van der Waals surface area contributed by atoms with Gasteiger partial charge in [-0.1, -0.05) is 43.5 Å². The third-order valence-electron chi connectivity index (χ3n) is 6.53. The minimum atomic E-state index is -0.470. The molecule has 2 aliphatic rings. The van der Waals surface area contributed by atoms with Crippen LogP contribution in [0.5, 0.6) is 0 Å². The van der Waals surface area contributed by atoms with Gasteiger partial charge in [0, 0.05) is 18.5 Å². The number of likely N-dealkylation sites (tertiary alicyclic amines) is 1. The number of nitrogens with two attached hydrogens (primary N) is 2. The Hall–Kier alpha value is -2.21. The van der Waals surface area contributed by atoms with Gasteiger partial charge in [-0.25, -0.2) is 0 Å². The summed E-state index contributed by atoms with van der Waals surface area (Å²) in [6.45, 7) is 0.642. The number of amidine groups is 1. The van der Waals surface area contributed by atoms with E-state index in [1.165, 1.54) is 6.42 Å². The number of piperidine rings is 1. The van der Waals surface area contributed by atoms with Crippen molar-refractivity contribution in [1.29, 1.82) is 5.41 Å². The minimum Gasteiger partial charge on any atom is -0.384 e. The van der Waals surface area contributed by atoms with Crippen LogP contribution in [0.4, 0.5) is 0 Å². The van der Waals surface area contributed by atoms with Crippen molar-refractivity contribution < 1.29 is 9.59 Å². The predicted octanol–water partition coefficient (Wildman–Crippen LogP) is 2.76. The monoisotopic (exact) mass is 398 g/mol. The summed E-state index contributed by atoms with van der Waals surface area (Å²) in [4.78, 5) is 27.9. The fourth-order valence-electron chi connectivity index (χ4n) is 4.70. The van der Waals surface area contributed by atoms with Crippen molar-refractivity contribution in [3.8, 4) is 0 Å². The molecule has 158 valence electrons. The number of benzene rings is 1. The first-order valence-electron chi connectivity index (χ1n) is 11.0. The largest absolute Gasteiger partial charge is 0.384 e. The fraction of sp³-hybridized carbons (Fsp3) is 0.609. The van der Waals surface area contributed by atoms with Crippen LogP contribution in [0, 0.1) is 11.3 Å². The van der Waals surface area contributed by atoms with Crippen molar-refractivity contribution in [3.63, 3.8) is 0 Å². The van der Waals surface area contributed by atoms with Crippen molar-refractivity contribution in [3.05, 3.63) is 35.4 Å². The van der Waals surface area contributed by atoms with Crippen LogP contribution >= 0.6 is 0 Å². The molecule has 0 bridgehead atoms. The summed E-state index contributed by atoms with van der Waals surface area (Å²) < 4.78 is 0. The second-order valence-corrected chi connectivity index (χ2v) is 8.54. The van der Waals surface area contributed by atoms with Gasteiger partial charge in [-0.15, -0.1) is 0 Å². The summed E-state index contributed by atoms with van der Waals surface area (Å²) in [5.41, 5.74) is 13.6. The van der Waals surface area contributed by atoms with Crippen LogP contribution in [-0.4, -0.2) is 41.1 Å². The summed E-state index contributed by atoms with van der Waals surface area (Å²) in [5.74, 6) is 0.400. The Labute approximate surface area is 173 Å². The number of nitrogen functional groups attached to an aromatic ring is 1. The average molecular weight is 399 g/mol. The minimum absolute atomic E-state index is 0.0271. The van der Waals surface area contributed by atoms with Crippen LogP contribution in [0.3, 0.4) is 0 Å². The maximum atomic E-state index is 13.1. The molecule has 5 N–H and O–H groups in total. The van der Waals surface area contributed by atoms with Gasteiger partial charge in [0.1, 0.15) is 5.84 Å². The Morgan fingerprint density at radius 2 is 1.69 bits per heavy atom. The summed E-state index contributed by atoms with van der Waals surface area (Å²) >= 11 is 0. The molecular weight excluding hydrogens is 364 g/mol. The first kappa shape index (κ1) is 21.5. The predicted molar refractivity (Wildman–Crippen MR) is 115 cm³/mol. The third kappa shape index (κ3) is 5.44. The van der Waals surface area contributed by atoms with E-state index in [4.69, 9.17) is 16.9 Å². The number of aryl methyl sites for hydroxylation is 1. The molecule has 1 heterocycles. The van der Waals surface area contributed by atoms with Crippen LogP contribution in [0.15, 0.2) is 24.3 Å². The zero-order valence-corrected chi connectivity index (χ0v) is 17.2. The van der Waals surface area contributed by atoms with Gasteiger partial charge in [-0.05, 0) is 50.0 Å². The van der Waals surface area contributed by atoms with Gasteiger partial charge in [0.2, 0.25) is 5.91 Å². The van der Waals surface area contributed by atoms with E-state index in [2.05, 4.69) is 0 Å². The van der Waals surface area contributed by atoms with E-state index in [-0.39, 0.29) is 29.5 Å². The summed E-state index contributed by atoms with van der Waals surface area (Å²) in [5, 5.41) is 7.46. The number of nitrogens with zero attached hydrogens (tertiary/aromatic N) is 1. The lowest BCUT2D eigenvalue weighted by Crippen LogP contribution is -2.55. The Balaban J connectivity index is 1.59. The molecule has 1 aromatic carbocycles. The highest BCUT2D eigenvalue weighted by atomic mass is 16.2. The average Bonchev–Trinajstić information content (AvgIpc) is 2.77. The van der Waals surface area contributed by atoms with Crippen LogP contribution in [0.25, 0.3) is 0 Å². The first-order chi connectivity index (χ1) is 14.0. The molecule has 0 spiro atoms. The van der Waals surface area contributed by atoms with Crippen LogP contribution in [-0.2, 0) is 16.0 Å². The molecule has 2 atom stereocenters. The summed E-state index contributed by atoms with van der Waals surface area (Å²) in [7, 11) is 0. The molecule has 1 aliphatic heterocycles. The van der Waals surface area contributed by atoms with Crippen molar-refractivity contribution in [2.45, 2.75) is 76.3 Å². The number of amides is 1. The van der Waals surface area contributed by atoms with Crippen LogP contribution < -0.4 is 11.5 Å². The van der Waals surface area contributed by atoms with Gasteiger partial charge >= 0.3 is 0 Å². The van der Waals surface area contributed by atoms with Gasteiger partial charge in [0.15, 0.2) is 5.78 Å². The molecule has 6 nitrogen and oxygen atoms in total. The van der Waals surface area contributed by atoms with E-state index in [1.807, 2.05) is 24.3 Å². The number of hydrogen-bond donors (Lipinski definition) is 3. The molecule has 1 amide bonds. The molecule has 29 heavy (non-hydrogen) atoms. The van der Waals surface area contributed by atoms with E-state index in [1.54, 1.807) is 4.90 Å².